The molecule has 4 nitrogen and oxygen atoms in total. The van der Waals surface area contributed by atoms with Crippen LogP contribution in [0.3, 0.4) is 0 Å². The summed E-state index contributed by atoms with van der Waals surface area (Å²) in [5.41, 5.74) is 3.14. The standard InChI is InChI=1S/C5H2N3OS/c9-5-6-1-3-4(8-5)7-2-10-3/h1H,(H,6,8,9). The molecule has 0 fully saturated rings. The predicted molar refractivity (Wildman–Crippen MR) is 35.7 cm³/mol. The van der Waals surface area contributed by atoms with E-state index in [1.807, 2.05) is 0 Å². The fourth-order valence-electron chi connectivity index (χ4n) is 0.620. The molecule has 2 rings (SSSR count). The van der Waals surface area contributed by atoms with Crippen LogP contribution in [0.5, 0.6) is 6.01 Å². The van der Waals surface area contributed by atoms with Gasteiger partial charge in [-0.2, -0.15) is 4.98 Å². The Bertz CT molecular complexity index is 358. The summed E-state index contributed by atoms with van der Waals surface area (Å²) in [7, 11) is 0. The van der Waals surface area contributed by atoms with Crippen molar-refractivity contribution in [3.8, 4) is 6.01 Å². The Balaban J connectivity index is 2.86. The molecule has 0 amide bonds. The molecule has 0 saturated carbocycles. The summed E-state index contributed by atoms with van der Waals surface area (Å²) in [6.45, 7) is 0. The molecule has 0 aromatic carbocycles. The van der Waals surface area contributed by atoms with Crippen molar-refractivity contribution in [3.63, 3.8) is 0 Å². The highest BCUT2D eigenvalue weighted by Gasteiger charge is 1.98. The number of hydrogen-bond acceptors (Lipinski definition) is 5. The summed E-state index contributed by atoms with van der Waals surface area (Å²) in [6.07, 6.45) is 1.52. The molecule has 10 heavy (non-hydrogen) atoms. The zero-order chi connectivity index (χ0) is 6.97. The fraction of sp³-hybridized carbons (Fsp3) is 0. The van der Waals surface area contributed by atoms with Crippen molar-refractivity contribution in [2.75, 3.05) is 0 Å². The summed E-state index contributed by atoms with van der Waals surface area (Å²) in [5, 5.41) is 8.78. The van der Waals surface area contributed by atoms with E-state index in [0.29, 0.717) is 5.65 Å². The van der Waals surface area contributed by atoms with Crippen LogP contribution in [0, 0.1) is 5.51 Å². The average molecular weight is 152 g/mol. The minimum absolute atomic E-state index is 0.244. The van der Waals surface area contributed by atoms with Crippen molar-refractivity contribution in [2.24, 2.45) is 0 Å². The van der Waals surface area contributed by atoms with Gasteiger partial charge in [0.1, 0.15) is 0 Å². The molecule has 0 atom stereocenters. The molecule has 2 aromatic heterocycles. The predicted octanol–water partition coefficient (Wildman–Crippen LogP) is 0.592. The van der Waals surface area contributed by atoms with E-state index < -0.39 is 0 Å². The first-order valence-electron chi connectivity index (χ1n) is 2.55. The van der Waals surface area contributed by atoms with Gasteiger partial charge in [0.25, 0.3) is 0 Å². The highest BCUT2D eigenvalue weighted by atomic mass is 32.1. The van der Waals surface area contributed by atoms with E-state index in [1.165, 1.54) is 17.5 Å². The summed E-state index contributed by atoms with van der Waals surface area (Å²) in [5.74, 6) is 0. The molecule has 0 unspecified atom stereocenters. The SMILES string of the molecule is Oc1ncc2s[c]nc2n1. The summed E-state index contributed by atoms with van der Waals surface area (Å²) < 4.78 is 0.831. The Morgan fingerprint density at radius 1 is 1.60 bits per heavy atom. The number of fused-ring (bicyclic) bond motifs is 1. The van der Waals surface area contributed by atoms with E-state index in [-0.39, 0.29) is 6.01 Å². The molecule has 2 heterocycles. The number of thiazole rings is 1. The smallest absolute Gasteiger partial charge is 0.315 e. The minimum Gasteiger partial charge on any atom is -0.479 e. The van der Waals surface area contributed by atoms with Gasteiger partial charge in [0.2, 0.25) is 0 Å². The first-order valence-corrected chi connectivity index (χ1v) is 3.36. The van der Waals surface area contributed by atoms with Gasteiger partial charge < -0.3 is 5.11 Å². The molecule has 0 aliphatic rings. The van der Waals surface area contributed by atoms with E-state index in [1.54, 1.807) is 0 Å². The molecule has 2 aromatic rings. The van der Waals surface area contributed by atoms with Crippen molar-refractivity contribution in [1.82, 2.24) is 15.0 Å². The lowest BCUT2D eigenvalue weighted by Crippen LogP contribution is -1.79. The van der Waals surface area contributed by atoms with Gasteiger partial charge in [-0.1, -0.05) is 0 Å². The molecule has 49 valence electrons. The van der Waals surface area contributed by atoms with Crippen LogP contribution in [0.4, 0.5) is 0 Å². The third-order valence-electron chi connectivity index (χ3n) is 1.03. The minimum atomic E-state index is -0.244. The van der Waals surface area contributed by atoms with Gasteiger partial charge in [-0.3, -0.25) is 0 Å². The number of aromatic hydroxyl groups is 1. The molecule has 0 saturated heterocycles. The van der Waals surface area contributed by atoms with Crippen LogP contribution < -0.4 is 0 Å². The summed E-state index contributed by atoms with van der Waals surface area (Å²) in [4.78, 5) is 11.0. The van der Waals surface area contributed by atoms with Crippen molar-refractivity contribution in [2.45, 2.75) is 0 Å². The van der Waals surface area contributed by atoms with Crippen molar-refractivity contribution in [3.05, 3.63) is 11.7 Å². The lowest BCUT2D eigenvalue weighted by Gasteiger charge is -1.85. The molecule has 0 bridgehead atoms. The number of aromatic nitrogens is 3. The summed E-state index contributed by atoms with van der Waals surface area (Å²) in [6, 6.07) is -0.244. The molecule has 0 aliphatic heterocycles. The Hall–Kier alpha value is -1.23. The van der Waals surface area contributed by atoms with Gasteiger partial charge in [0, 0.05) is 0 Å². The second kappa shape index (κ2) is 1.88. The van der Waals surface area contributed by atoms with Gasteiger partial charge in [-0.25, -0.2) is 9.97 Å². The van der Waals surface area contributed by atoms with Crippen molar-refractivity contribution < 1.29 is 5.11 Å². The van der Waals surface area contributed by atoms with E-state index >= 15 is 0 Å². The number of rotatable bonds is 0. The molecular formula is C5H2N3OS. The maximum atomic E-state index is 8.78. The normalized spacial score (nSPS) is 10.4. The van der Waals surface area contributed by atoms with Crippen LogP contribution in [0.15, 0.2) is 6.20 Å². The molecule has 1 radical (unpaired) electrons. The van der Waals surface area contributed by atoms with Crippen LogP contribution >= 0.6 is 11.3 Å². The first kappa shape index (κ1) is 5.55. The van der Waals surface area contributed by atoms with Gasteiger partial charge in [-0.15, -0.1) is 11.3 Å². The van der Waals surface area contributed by atoms with Crippen LogP contribution in [-0.4, -0.2) is 20.1 Å². The van der Waals surface area contributed by atoms with E-state index in [4.69, 9.17) is 5.11 Å². The maximum Gasteiger partial charge on any atom is 0.315 e. The second-order valence-electron chi connectivity index (χ2n) is 1.66. The topological polar surface area (TPSA) is 58.9 Å². The van der Waals surface area contributed by atoms with Crippen molar-refractivity contribution >= 4 is 21.7 Å². The molecule has 5 heteroatoms. The fourth-order valence-corrected chi connectivity index (χ4v) is 1.14. The number of hydrogen-bond donors (Lipinski definition) is 1. The zero-order valence-electron chi connectivity index (χ0n) is 4.77. The quantitative estimate of drug-likeness (QED) is 0.600. The average Bonchev–Trinajstić information content (AvgIpc) is 2.33. The monoisotopic (exact) mass is 152 g/mol. The van der Waals surface area contributed by atoms with Crippen LogP contribution in [0.2, 0.25) is 0 Å². The van der Waals surface area contributed by atoms with Gasteiger partial charge >= 0.3 is 6.01 Å². The summed E-state index contributed by atoms with van der Waals surface area (Å²) >= 11 is 1.32. The molecular weight excluding hydrogens is 150 g/mol. The molecule has 1 N–H and O–H groups in total. The number of nitrogens with zero attached hydrogens (tertiary/aromatic N) is 3. The zero-order valence-corrected chi connectivity index (χ0v) is 5.59. The maximum absolute atomic E-state index is 8.78. The van der Waals surface area contributed by atoms with E-state index in [9.17, 15) is 0 Å². The Kier molecular flexibility index (Phi) is 1.04. The third-order valence-corrected chi connectivity index (χ3v) is 1.72. The highest BCUT2D eigenvalue weighted by molar-refractivity contribution is 7.16. The van der Waals surface area contributed by atoms with Gasteiger partial charge in [-0.05, 0) is 0 Å². The molecule has 0 spiro atoms. The Morgan fingerprint density at radius 2 is 2.50 bits per heavy atom. The van der Waals surface area contributed by atoms with Crippen LogP contribution in [0.25, 0.3) is 10.3 Å². The van der Waals surface area contributed by atoms with E-state index in [2.05, 4.69) is 20.5 Å². The Morgan fingerprint density at radius 3 is 3.40 bits per heavy atom. The van der Waals surface area contributed by atoms with Crippen molar-refractivity contribution in [1.29, 1.82) is 0 Å². The largest absolute Gasteiger partial charge is 0.479 e. The Labute approximate surface area is 60.2 Å². The van der Waals surface area contributed by atoms with Crippen LogP contribution in [0.1, 0.15) is 0 Å². The van der Waals surface area contributed by atoms with Gasteiger partial charge in [0.15, 0.2) is 11.2 Å². The molecule has 0 aliphatic carbocycles. The van der Waals surface area contributed by atoms with E-state index in [0.717, 1.165) is 4.70 Å². The first-order chi connectivity index (χ1) is 4.86. The second-order valence-corrected chi connectivity index (χ2v) is 2.49. The van der Waals surface area contributed by atoms with Gasteiger partial charge in [0.05, 0.1) is 10.9 Å². The van der Waals surface area contributed by atoms with Crippen LogP contribution in [-0.2, 0) is 0 Å². The third kappa shape index (κ3) is 0.714. The lowest BCUT2D eigenvalue weighted by atomic mass is 10.6. The highest BCUT2D eigenvalue weighted by Crippen LogP contribution is 2.14. The lowest BCUT2D eigenvalue weighted by molar-refractivity contribution is 0.433.